The molecule has 0 aliphatic rings. The van der Waals surface area contributed by atoms with E-state index in [2.05, 4.69) is 343 Å². The average molecular weight is 1370 g/mol. The van der Waals surface area contributed by atoms with Gasteiger partial charge in [0.2, 0.25) is 0 Å². The van der Waals surface area contributed by atoms with Crippen LogP contribution in [0.1, 0.15) is 33.4 Å². The van der Waals surface area contributed by atoms with E-state index in [1.54, 1.807) is 0 Å². The molecule has 0 spiro atoms. The van der Waals surface area contributed by atoms with E-state index in [1.165, 1.54) is 161 Å². The Balaban J connectivity index is 0.0000000894. The van der Waals surface area contributed by atoms with Crippen LogP contribution in [0.25, 0.3) is 184 Å². The number of aryl methyl sites for hydroxylation is 6. The highest BCUT2D eigenvalue weighted by atomic mass is 32.1. The van der Waals surface area contributed by atoms with Crippen molar-refractivity contribution in [3.8, 4) is 0 Å². The van der Waals surface area contributed by atoms with E-state index in [4.69, 9.17) is 22.1 Å². The van der Waals surface area contributed by atoms with Crippen LogP contribution in [0, 0.1) is 41.5 Å². The standard InChI is InChI=1S/C21H14O.4C17H12O.C7H6S2/c1-13-10-11-19-18(12-13)20-16-8-4-2-6-14(16)15-7-3-5-9-17(15)21(20)22-19;1-11-6-9-16-15(10-11)14-8-7-12-4-2-3-5-13(12)17(14)18-16;1-11-6-8-14-15-9-7-12-4-2-3-5-13(12)17(15)18-16(14)10-11;1-11-6-7-16-14(8-11)15-9-12-4-2-3-5-13(12)10-17(15)18-16;1-11-6-7-14-15-9-12-4-2-3-5-13(12)10-17(15)18-16(14)8-11;1-5-4-9-6-2-3-8-7(5)6/h2-12H,1H3;4*2-10H,1H3;2-4H,1H3. The lowest BCUT2D eigenvalue weighted by molar-refractivity contribution is 0.669. The van der Waals surface area contributed by atoms with Crippen molar-refractivity contribution >= 4 is 206 Å². The fraction of sp³-hybridized carbons (Fsp3) is 0.0625. The Bertz CT molecular complexity index is 7130. The second kappa shape index (κ2) is 26.0. The fourth-order valence-corrected chi connectivity index (χ4v) is 16.8. The van der Waals surface area contributed by atoms with Gasteiger partial charge < -0.3 is 22.1 Å². The highest BCUT2D eigenvalue weighted by Crippen LogP contribution is 2.43. The highest BCUT2D eigenvalue weighted by Gasteiger charge is 2.17. The number of hydrogen-bond acceptors (Lipinski definition) is 7. The van der Waals surface area contributed by atoms with Crippen molar-refractivity contribution in [3.05, 3.63) is 335 Å². The van der Waals surface area contributed by atoms with E-state index < -0.39 is 0 Å². The molecule has 16 aromatic carbocycles. The maximum Gasteiger partial charge on any atom is 0.143 e. The number of benzene rings is 16. The molecule has 7 aromatic heterocycles. The average Bonchev–Trinajstić information content (AvgIpc) is 1.64. The van der Waals surface area contributed by atoms with Gasteiger partial charge in [-0.3, -0.25) is 0 Å². The van der Waals surface area contributed by atoms with Crippen molar-refractivity contribution in [2.75, 3.05) is 0 Å². The van der Waals surface area contributed by atoms with E-state index >= 15 is 0 Å². The van der Waals surface area contributed by atoms with Crippen LogP contribution in [0.4, 0.5) is 0 Å². The van der Waals surface area contributed by atoms with Crippen molar-refractivity contribution in [3.63, 3.8) is 0 Å². The minimum Gasteiger partial charge on any atom is -0.456 e. The first-order valence-electron chi connectivity index (χ1n) is 34.9. The summed E-state index contributed by atoms with van der Waals surface area (Å²) in [7, 11) is 0. The van der Waals surface area contributed by atoms with Gasteiger partial charge >= 0.3 is 0 Å². The van der Waals surface area contributed by atoms with Crippen molar-refractivity contribution < 1.29 is 22.1 Å². The van der Waals surface area contributed by atoms with Crippen molar-refractivity contribution in [1.29, 1.82) is 0 Å². The van der Waals surface area contributed by atoms with Crippen molar-refractivity contribution in [2.45, 2.75) is 41.5 Å². The predicted molar refractivity (Wildman–Crippen MR) is 442 cm³/mol. The lowest BCUT2D eigenvalue weighted by Crippen LogP contribution is -1.80. The molecular formula is C96H68O5S2. The Morgan fingerprint density at radius 1 is 0.214 bits per heavy atom. The van der Waals surface area contributed by atoms with Gasteiger partial charge in [-0.2, -0.15) is 0 Å². The smallest absolute Gasteiger partial charge is 0.143 e. The second-order valence-corrected chi connectivity index (χ2v) is 28.9. The van der Waals surface area contributed by atoms with E-state index in [1.807, 2.05) is 22.7 Å². The molecule has 0 fully saturated rings. The summed E-state index contributed by atoms with van der Waals surface area (Å²) in [4.78, 5) is 0. The summed E-state index contributed by atoms with van der Waals surface area (Å²) >= 11 is 3.66. The molecule has 0 saturated carbocycles. The molecule has 7 heterocycles. The minimum absolute atomic E-state index is 0.960. The van der Waals surface area contributed by atoms with Gasteiger partial charge in [-0.1, -0.05) is 217 Å². The third-order valence-electron chi connectivity index (χ3n) is 19.9. The molecule has 0 N–H and O–H groups in total. The second-order valence-electron chi connectivity index (χ2n) is 27.1. The molecule has 0 atom stereocenters. The molecule has 0 saturated heterocycles. The van der Waals surface area contributed by atoms with Crippen LogP contribution >= 0.6 is 22.7 Å². The minimum atomic E-state index is 0.960. The van der Waals surface area contributed by atoms with Gasteiger partial charge in [-0.25, -0.2) is 0 Å². The maximum absolute atomic E-state index is 6.23. The van der Waals surface area contributed by atoms with Crippen LogP contribution in [0.2, 0.25) is 0 Å². The van der Waals surface area contributed by atoms with Gasteiger partial charge in [0.05, 0.1) is 0 Å². The van der Waals surface area contributed by atoms with Crippen LogP contribution in [0.3, 0.4) is 0 Å². The van der Waals surface area contributed by atoms with Crippen molar-refractivity contribution in [1.82, 2.24) is 0 Å². The van der Waals surface area contributed by atoms with Crippen LogP contribution < -0.4 is 0 Å². The monoisotopic (exact) mass is 1360 g/mol. The Morgan fingerprint density at radius 2 is 0.563 bits per heavy atom. The van der Waals surface area contributed by atoms with Crippen molar-refractivity contribution in [2.24, 2.45) is 0 Å². The molecule has 5 nitrogen and oxygen atoms in total. The first kappa shape index (κ1) is 63.0. The molecule has 103 heavy (non-hydrogen) atoms. The van der Waals surface area contributed by atoms with Gasteiger partial charge in [0.1, 0.15) is 55.8 Å². The molecule has 7 heteroatoms. The third kappa shape index (κ3) is 11.6. The zero-order valence-electron chi connectivity index (χ0n) is 57.7. The lowest BCUT2D eigenvalue weighted by atomic mass is 9.97. The first-order valence-corrected chi connectivity index (χ1v) is 36.6. The normalized spacial score (nSPS) is 11.6. The van der Waals surface area contributed by atoms with Crippen LogP contribution in [0.5, 0.6) is 0 Å². The molecule has 23 rings (SSSR count). The van der Waals surface area contributed by atoms with E-state index in [9.17, 15) is 0 Å². The topological polar surface area (TPSA) is 65.7 Å². The van der Waals surface area contributed by atoms with Crippen LogP contribution in [-0.2, 0) is 0 Å². The zero-order valence-corrected chi connectivity index (χ0v) is 59.4. The first-order chi connectivity index (χ1) is 50.5. The number of hydrogen-bond donors (Lipinski definition) is 0. The Morgan fingerprint density at radius 3 is 1.14 bits per heavy atom. The third-order valence-corrected chi connectivity index (χ3v) is 22.1. The van der Waals surface area contributed by atoms with E-state index in [-0.39, 0.29) is 0 Å². The number of thiophene rings is 2. The summed E-state index contributed by atoms with van der Waals surface area (Å²) in [5.41, 5.74) is 17.4. The maximum atomic E-state index is 6.23. The number of rotatable bonds is 0. The summed E-state index contributed by atoms with van der Waals surface area (Å²) in [5, 5.41) is 31.2. The van der Waals surface area contributed by atoms with Gasteiger partial charge in [-0.05, 0) is 208 Å². The molecule has 494 valence electrons. The van der Waals surface area contributed by atoms with Crippen LogP contribution in [-0.4, -0.2) is 0 Å². The highest BCUT2D eigenvalue weighted by molar-refractivity contribution is 7.26. The van der Waals surface area contributed by atoms with Gasteiger partial charge in [0.15, 0.2) is 0 Å². The summed E-state index contributed by atoms with van der Waals surface area (Å²) < 4.78 is 33.0. The lowest BCUT2D eigenvalue weighted by Gasteiger charge is -2.05. The summed E-state index contributed by atoms with van der Waals surface area (Å²) in [6.07, 6.45) is 0. The summed E-state index contributed by atoms with van der Waals surface area (Å²) in [5.74, 6) is 0. The molecule has 0 radical (unpaired) electrons. The molecular weight excluding hydrogens is 1300 g/mol. The predicted octanol–water partition coefficient (Wildman–Crippen LogP) is 29.7. The molecule has 0 bridgehead atoms. The number of fused-ring (bicyclic) bond motifs is 27. The zero-order chi connectivity index (χ0) is 69.4. The molecule has 23 aromatic rings. The quantitative estimate of drug-likeness (QED) is 0.142. The molecule has 0 unspecified atom stereocenters. The molecule has 0 amide bonds. The Labute approximate surface area is 601 Å². The van der Waals surface area contributed by atoms with Gasteiger partial charge in [-0.15, -0.1) is 22.7 Å². The van der Waals surface area contributed by atoms with Gasteiger partial charge in [0, 0.05) is 79.4 Å². The van der Waals surface area contributed by atoms with Gasteiger partial charge in [0.25, 0.3) is 0 Å². The Kier molecular flexibility index (Phi) is 15.9. The van der Waals surface area contributed by atoms with E-state index in [0.717, 1.165) is 55.8 Å². The summed E-state index contributed by atoms with van der Waals surface area (Å²) in [6.45, 7) is 12.7. The SMILES string of the molecule is Cc1ccc2c(c1)oc1c3ccccc3ccc21.Cc1ccc2c(c1)oc1cc3ccccc3cc12.Cc1ccc2oc3c4ccccc4c4ccccc4c3c2c1.Cc1ccc2oc3c4ccccc4ccc3c2c1.Cc1ccc2oc3cc4ccccc4cc3c2c1.Cc1csc2ccsc12. The Hall–Kier alpha value is -12.3. The summed E-state index contributed by atoms with van der Waals surface area (Å²) in [6, 6.07) is 102. The largest absolute Gasteiger partial charge is 0.456 e. The molecule has 0 aliphatic heterocycles. The number of furan rings is 5. The van der Waals surface area contributed by atoms with Crippen LogP contribution in [0.15, 0.2) is 324 Å². The van der Waals surface area contributed by atoms with E-state index in [0.29, 0.717) is 0 Å². The molecule has 0 aliphatic carbocycles. The fourth-order valence-electron chi connectivity index (χ4n) is 14.8.